The van der Waals surface area contributed by atoms with E-state index in [-0.39, 0.29) is 10.9 Å². The Kier molecular flexibility index (Phi) is 3.81. The molecule has 2 fully saturated rings. The van der Waals surface area contributed by atoms with Crippen LogP contribution in [0, 0.1) is 11.8 Å². The van der Waals surface area contributed by atoms with Crippen molar-refractivity contribution >= 4 is 26.0 Å². The lowest BCUT2D eigenvalue weighted by Crippen LogP contribution is -2.38. The molecule has 20 heavy (non-hydrogen) atoms. The number of rotatable bonds is 4. The minimum atomic E-state index is -3.45. The van der Waals surface area contributed by atoms with Gasteiger partial charge in [-0.05, 0) is 65.2 Å². The van der Waals surface area contributed by atoms with Gasteiger partial charge in [0.25, 0.3) is 0 Å². The van der Waals surface area contributed by atoms with Crippen LogP contribution in [0.2, 0.25) is 0 Å². The molecule has 4 nitrogen and oxygen atoms in total. The van der Waals surface area contributed by atoms with Crippen LogP contribution >= 0.6 is 15.9 Å². The highest BCUT2D eigenvalue weighted by Gasteiger charge is 2.41. The van der Waals surface area contributed by atoms with Gasteiger partial charge in [0.2, 0.25) is 10.0 Å². The Bertz CT molecular complexity index is 617. The van der Waals surface area contributed by atoms with E-state index < -0.39 is 10.0 Å². The summed E-state index contributed by atoms with van der Waals surface area (Å²) in [6.07, 6.45) is 4.59. The van der Waals surface area contributed by atoms with Gasteiger partial charge < -0.3 is 4.74 Å². The number of hydrogen-bond donors (Lipinski definition) is 1. The number of ether oxygens (including phenoxy) is 1. The molecular formula is C14H18BrNO3S. The molecule has 0 heterocycles. The lowest BCUT2D eigenvalue weighted by Gasteiger charge is -2.22. The molecule has 1 aromatic carbocycles. The van der Waals surface area contributed by atoms with E-state index in [9.17, 15) is 8.42 Å². The SMILES string of the molecule is COc1ccc(S(=O)(=O)N[C@H]2C[C@@H]3CC[C@@H]2C3)cc1Br. The highest BCUT2D eigenvalue weighted by Crippen LogP contribution is 2.44. The highest BCUT2D eigenvalue weighted by molar-refractivity contribution is 9.10. The molecule has 2 saturated carbocycles. The Morgan fingerprint density at radius 2 is 2.10 bits per heavy atom. The predicted molar refractivity (Wildman–Crippen MR) is 80.3 cm³/mol. The largest absolute Gasteiger partial charge is 0.496 e. The number of sulfonamides is 1. The smallest absolute Gasteiger partial charge is 0.240 e. The fourth-order valence-corrected chi connectivity index (χ4v) is 5.51. The van der Waals surface area contributed by atoms with Crippen molar-refractivity contribution in [2.24, 2.45) is 11.8 Å². The summed E-state index contributed by atoms with van der Waals surface area (Å²) < 4.78 is 33.5. The first kappa shape index (κ1) is 14.4. The number of hydrogen-bond acceptors (Lipinski definition) is 3. The second-order valence-electron chi connectivity index (χ2n) is 5.70. The average Bonchev–Trinajstić information content (AvgIpc) is 3.00. The van der Waals surface area contributed by atoms with Crippen LogP contribution in [0.5, 0.6) is 5.75 Å². The molecule has 0 saturated heterocycles. The zero-order valence-electron chi connectivity index (χ0n) is 11.3. The maximum Gasteiger partial charge on any atom is 0.240 e. The van der Waals surface area contributed by atoms with Gasteiger partial charge in [-0.15, -0.1) is 0 Å². The summed E-state index contributed by atoms with van der Waals surface area (Å²) in [6.45, 7) is 0. The molecule has 3 atom stereocenters. The normalized spacial score (nSPS) is 28.8. The Morgan fingerprint density at radius 1 is 1.30 bits per heavy atom. The van der Waals surface area contributed by atoms with E-state index in [0.29, 0.717) is 16.1 Å². The fraction of sp³-hybridized carbons (Fsp3) is 0.571. The molecule has 2 aliphatic rings. The van der Waals surface area contributed by atoms with Crippen molar-refractivity contribution in [3.63, 3.8) is 0 Å². The van der Waals surface area contributed by atoms with E-state index in [0.717, 1.165) is 18.8 Å². The maximum absolute atomic E-state index is 12.4. The van der Waals surface area contributed by atoms with Crippen LogP contribution in [-0.4, -0.2) is 21.6 Å². The van der Waals surface area contributed by atoms with Gasteiger partial charge in [-0.1, -0.05) is 6.42 Å². The van der Waals surface area contributed by atoms with Crippen molar-refractivity contribution in [3.05, 3.63) is 22.7 Å². The first-order valence-electron chi connectivity index (χ1n) is 6.85. The standard InChI is InChI=1S/C14H18BrNO3S/c1-19-14-5-4-11(8-12(14)15)20(17,18)16-13-7-9-2-3-10(13)6-9/h4-5,8-10,13,16H,2-3,6-7H2,1H3/t9-,10-,13+/m1/s1. The van der Waals surface area contributed by atoms with Crippen LogP contribution in [-0.2, 0) is 10.0 Å². The van der Waals surface area contributed by atoms with Crippen LogP contribution in [0.25, 0.3) is 0 Å². The van der Waals surface area contributed by atoms with Gasteiger partial charge in [-0.3, -0.25) is 0 Å². The topological polar surface area (TPSA) is 55.4 Å². The Balaban J connectivity index is 1.79. The van der Waals surface area contributed by atoms with E-state index >= 15 is 0 Å². The molecule has 0 aliphatic heterocycles. The summed E-state index contributed by atoms with van der Waals surface area (Å²) in [7, 11) is -1.89. The first-order chi connectivity index (χ1) is 9.49. The van der Waals surface area contributed by atoms with E-state index in [1.54, 1.807) is 25.3 Å². The molecule has 2 bridgehead atoms. The van der Waals surface area contributed by atoms with E-state index in [2.05, 4.69) is 20.7 Å². The molecular weight excluding hydrogens is 342 g/mol. The zero-order valence-corrected chi connectivity index (χ0v) is 13.7. The average molecular weight is 360 g/mol. The first-order valence-corrected chi connectivity index (χ1v) is 9.13. The summed E-state index contributed by atoms with van der Waals surface area (Å²) in [5.41, 5.74) is 0. The Labute approximate surface area is 128 Å². The third kappa shape index (κ3) is 2.61. The van der Waals surface area contributed by atoms with Gasteiger partial charge in [-0.25, -0.2) is 13.1 Å². The van der Waals surface area contributed by atoms with Gasteiger partial charge in [0, 0.05) is 6.04 Å². The fourth-order valence-electron chi connectivity index (χ4n) is 3.47. The minimum Gasteiger partial charge on any atom is -0.496 e. The second-order valence-corrected chi connectivity index (χ2v) is 8.27. The van der Waals surface area contributed by atoms with Crippen molar-refractivity contribution in [2.75, 3.05) is 7.11 Å². The maximum atomic E-state index is 12.4. The van der Waals surface area contributed by atoms with Crippen LogP contribution in [0.3, 0.4) is 0 Å². The minimum absolute atomic E-state index is 0.111. The summed E-state index contributed by atoms with van der Waals surface area (Å²) in [6, 6.07) is 4.95. The van der Waals surface area contributed by atoms with Crippen LogP contribution in [0.15, 0.2) is 27.6 Å². The Hall–Kier alpha value is -0.590. The van der Waals surface area contributed by atoms with Gasteiger partial charge >= 0.3 is 0 Å². The summed E-state index contributed by atoms with van der Waals surface area (Å²) in [4.78, 5) is 0.285. The molecule has 0 unspecified atom stereocenters. The number of fused-ring (bicyclic) bond motifs is 2. The molecule has 0 radical (unpaired) electrons. The zero-order chi connectivity index (χ0) is 14.3. The second kappa shape index (κ2) is 5.31. The molecule has 1 N–H and O–H groups in total. The number of benzene rings is 1. The van der Waals surface area contributed by atoms with Gasteiger partial charge in [0.05, 0.1) is 16.5 Å². The highest BCUT2D eigenvalue weighted by atomic mass is 79.9. The van der Waals surface area contributed by atoms with Crippen molar-refractivity contribution in [2.45, 2.75) is 36.6 Å². The molecule has 0 aromatic heterocycles. The summed E-state index contributed by atoms with van der Waals surface area (Å²) in [5.74, 6) is 1.87. The van der Waals surface area contributed by atoms with Crippen molar-refractivity contribution < 1.29 is 13.2 Å². The van der Waals surface area contributed by atoms with Crippen LogP contribution in [0.4, 0.5) is 0 Å². The van der Waals surface area contributed by atoms with E-state index in [1.807, 2.05) is 0 Å². The monoisotopic (exact) mass is 359 g/mol. The molecule has 6 heteroatoms. The molecule has 1 aromatic rings. The van der Waals surface area contributed by atoms with Gasteiger partial charge in [-0.2, -0.15) is 0 Å². The van der Waals surface area contributed by atoms with E-state index in [4.69, 9.17) is 4.74 Å². The molecule has 0 spiro atoms. The number of halogens is 1. The lowest BCUT2D eigenvalue weighted by atomic mass is 9.96. The number of nitrogens with one attached hydrogen (secondary N) is 1. The van der Waals surface area contributed by atoms with Gasteiger partial charge in [0.1, 0.15) is 5.75 Å². The van der Waals surface area contributed by atoms with Crippen LogP contribution < -0.4 is 9.46 Å². The number of methoxy groups -OCH3 is 1. The summed E-state index contributed by atoms with van der Waals surface area (Å²) in [5, 5.41) is 0. The molecule has 0 amide bonds. The molecule has 110 valence electrons. The van der Waals surface area contributed by atoms with Crippen molar-refractivity contribution in [1.29, 1.82) is 0 Å². The van der Waals surface area contributed by atoms with Gasteiger partial charge in [0.15, 0.2) is 0 Å². The summed E-state index contributed by atoms with van der Waals surface area (Å²) >= 11 is 3.33. The van der Waals surface area contributed by atoms with Crippen molar-refractivity contribution in [3.8, 4) is 5.75 Å². The van der Waals surface area contributed by atoms with Crippen LogP contribution in [0.1, 0.15) is 25.7 Å². The molecule has 2 aliphatic carbocycles. The third-order valence-corrected chi connectivity index (χ3v) is 6.59. The lowest BCUT2D eigenvalue weighted by molar-refractivity contribution is 0.390. The quantitative estimate of drug-likeness (QED) is 0.898. The predicted octanol–water partition coefficient (Wildman–Crippen LogP) is 2.92. The Morgan fingerprint density at radius 3 is 2.65 bits per heavy atom. The molecule has 3 rings (SSSR count). The van der Waals surface area contributed by atoms with E-state index in [1.165, 1.54) is 12.8 Å². The van der Waals surface area contributed by atoms with Crippen molar-refractivity contribution in [1.82, 2.24) is 4.72 Å². The third-order valence-electron chi connectivity index (χ3n) is 4.48.